The van der Waals surface area contributed by atoms with Gasteiger partial charge in [0.25, 0.3) is 0 Å². The van der Waals surface area contributed by atoms with E-state index in [0.717, 1.165) is 18.1 Å². The first-order valence-corrected chi connectivity index (χ1v) is 5.37. The normalized spacial score (nSPS) is 12.5. The van der Waals surface area contributed by atoms with Gasteiger partial charge in [0.1, 0.15) is 0 Å². The molecule has 0 radical (unpaired) electrons. The standard InChI is InChI=1S/C9H20OS/c1-8(2)7-11-6-5-9(3,4)10/h8,10H,5-7H2,1-4H3. The van der Waals surface area contributed by atoms with Crippen molar-refractivity contribution in [3.63, 3.8) is 0 Å². The Morgan fingerprint density at radius 1 is 1.36 bits per heavy atom. The third kappa shape index (κ3) is 10.3. The first-order chi connectivity index (χ1) is 4.92. The van der Waals surface area contributed by atoms with E-state index in [9.17, 15) is 5.11 Å². The molecule has 0 bridgehead atoms. The Balaban J connectivity index is 3.15. The van der Waals surface area contributed by atoms with Crippen LogP contribution in [0.3, 0.4) is 0 Å². The largest absolute Gasteiger partial charge is 0.390 e. The Kier molecular flexibility index (Phi) is 5.19. The summed E-state index contributed by atoms with van der Waals surface area (Å²) >= 11 is 1.93. The SMILES string of the molecule is CC(C)CSCCC(C)(C)O. The van der Waals surface area contributed by atoms with Gasteiger partial charge in [-0.1, -0.05) is 13.8 Å². The summed E-state index contributed by atoms with van der Waals surface area (Å²) < 4.78 is 0. The maximum atomic E-state index is 9.37. The van der Waals surface area contributed by atoms with Gasteiger partial charge < -0.3 is 5.11 Å². The molecule has 0 saturated carbocycles. The zero-order valence-corrected chi connectivity index (χ0v) is 8.87. The van der Waals surface area contributed by atoms with Gasteiger partial charge in [-0.15, -0.1) is 0 Å². The van der Waals surface area contributed by atoms with Gasteiger partial charge in [-0.25, -0.2) is 0 Å². The molecule has 1 nitrogen and oxygen atoms in total. The number of rotatable bonds is 5. The summed E-state index contributed by atoms with van der Waals surface area (Å²) in [6, 6.07) is 0. The van der Waals surface area contributed by atoms with Crippen molar-refractivity contribution in [3.8, 4) is 0 Å². The van der Waals surface area contributed by atoms with E-state index in [1.165, 1.54) is 5.75 Å². The smallest absolute Gasteiger partial charge is 0.0599 e. The third-order valence-corrected chi connectivity index (χ3v) is 2.70. The van der Waals surface area contributed by atoms with Crippen LogP contribution in [0.25, 0.3) is 0 Å². The average molecular weight is 176 g/mol. The van der Waals surface area contributed by atoms with Gasteiger partial charge in [0, 0.05) is 0 Å². The number of thioether (sulfide) groups is 1. The van der Waals surface area contributed by atoms with Gasteiger partial charge in [0.15, 0.2) is 0 Å². The van der Waals surface area contributed by atoms with Crippen molar-refractivity contribution in [2.45, 2.75) is 39.7 Å². The van der Waals surface area contributed by atoms with E-state index in [1.54, 1.807) is 0 Å². The molecule has 68 valence electrons. The molecule has 1 N–H and O–H groups in total. The van der Waals surface area contributed by atoms with E-state index in [4.69, 9.17) is 0 Å². The second kappa shape index (κ2) is 5.04. The van der Waals surface area contributed by atoms with E-state index in [-0.39, 0.29) is 0 Å². The van der Waals surface area contributed by atoms with E-state index in [2.05, 4.69) is 13.8 Å². The zero-order chi connectivity index (χ0) is 8.91. The van der Waals surface area contributed by atoms with Crippen molar-refractivity contribution in [2.24, 2.45) is 5.92 Å². The molecule has 0 aromatic carbocycles. The second-order valence-electron chi connectivity index (χ2n) is 4.03. The predicted octanol–water partition coefficient (Wildman–Crippen LogP) is 2.54. The fraction of sp³-hybridized carbons (Fsp3) is 1.00. The summed E-state index contributed by atoms with van der Waals surface area (Å²) in [5.41, 5.74) is -0.482. The molecule has 0 aliphatic carbocycles. The van der Waals surface area contributed by atoms with Crippen LogP contribution in [0.2, 0.25) is 0 Å². The van der Waals surface area contributed by atoms with Crippen LogP contribution in [0.15, 0.2) is 0 Å². The lowest BCUT2D eigenvalue weighted by Gasteiger charge is -2.16. The van der Waals surface area contributed by atoms with Crippen molar-refractivity contribution < 1.29 is 5.11 Å². The topological polar surface area (TPSA) is 20.2 Å². The highest BCUT2D eigenvalue weighted by Crippen LogP contribution is 2.14. The molecule has 0 aliphatic heterocycles. The van der Waals surface area contributed by atoms with Crippen molar-refractivity contribution in [2.75, 3.05) is 11.5 Å². The lowest BCUT2D eigenvalue weighted by Crippen LogP contribution is -2.19. The molecule has 0 saturated heterocycles. The molecule has 0 aromatic rings. The number of aliphatic hydroxyl groups is 1. The summed E-state index contributed by atoms with van der Waals surface area (Å²) in [5.74, 6) is 3.04. The van der Waals surface area contributed by atoms with E-state index in [1.807, 2.05) is 25.6 Å². The molecule has 0 rings (SSSR count). The van der Waals surface area contributed by atoms with Crippen molar-refractivity contribution in [1.82, 2.24) is 0 Å². The van der Waals surface area contributed by atoms with Gasteiger partial charge in [-0.3, -0.25) is 0 Å². The summed E-state index contributed by atoms with van der Waals surface area (Å²) in [4.78, 5) is 0. The summed E-state index contributed by atoms with van der Waals surface area (Å²) in [6.45, 7) is 8.17. The van der Waals surface area contributed by atoms with Gasteiger partial charge >= 0.3 is 0 Å². The van der Waals surface area contributed by atoms with Crippen LogP contribution in [0.4, 0.5) is 0 Å². The molecule has 11 heavy (non-hydrogen) atoms. The first kappa shape index (κ1) is 11.3. The van der Waals surface area contributed by atoms with Crippen LogP contribution in [0.5, 0.6) is 0 Å². The molecule has 0 aromatic heterocycles. The average Bonchev–Trinajstić information content (AvgIpc) is 1.78. The van der Waals surface area contributed by atoms with Crippen LogP contribution in [-0.2, 0) is 0 Å². The molecule has 0 aliphatic rings. The summed E-state index contributed by atoms with van der Waals surface area (Å²) in [7, 11) is 0. The summed E-state index contributed by atoms with van der Waals surface area (Å²) in [6.07, 6.45) is 0.893. The Morgan fingerprint density at radius 2 is 1.91 bits per heavy atom. The minimum absolute atomic E-state index is 0.482. The minimum Gasteiger partial charge on any atom is -0.390 e. The fourth-order valence-corrected chi connectivity index (χ4v) is 1.92. The maximum Gasteiger partial charge on any atom is 0.0599 e. The van der Waals surface area contributed by atoms with E-state index < -0.39 is 5.60 Å². The monoisotopic (exact) mass is 176 g/mol. The van der Waals surface area contributed by atoms with Crippen LogP contribution >= 0.6 is 11.8 Å². The van der Waals surface area contributed by atoms with Crippen LogP contribution in [0, 0.1) is 5.92 Å². The molecule has 0 heterocycles. The van der Waals surface area contributed by atoms with Crippen LogP contribution in [-0.4, -0.2) is 22.2 Å². The molecule has 0 amide bonds. The quantitative estimate of drug-likeness (QED) is 0.650. The highest BCUT2D eigenvalue weighted by Gasteiger charge is 2.11. The Bertz CT molecular complexity index is 94.2. The lowest BCUT2D eigenvalue weighted by molar-refractivity contribution is 0.0777. The van der Waals surface area contributed by atoms with Crippen molar-refractivity contribution in [1.29, 1.82) is 0 Å². The zero-order valence-electron chi connectivity index (χ0n) is 8.05. The number of hydrogen-bond donors (Lipinski definition) is 1. The van der Waals surface area contributed by atoms with Gasteiger partial charge in [0.05, 0.1) is 5.60 Å². The first-order valence-electron chi connectivity index (χ1n) is 4.22. The Hall–Kier alpha value is 0.310. The predicted molar refractivity (Wildman–Crippen MR) is 53.1 cm³/mol. The van der Waals surface area contributed by atoms with E-state index >= 15 is 0 Å². The Morgan fingerprint density at radius 3 is 2.27 bits per heavy atom. The van der Waals surface area contributed by atoms with Crippen molar-refractivity contribution >= 4 is 11.8 Å². The van der Waals surface area contributed by atoms with Gasteiger partial charge in [-0.05, 0) is 37.7 Å². The molecule has 0 spiro atoms. The molecular formula is C9H20OS. The molecule has 0 atom stereocenters. The van der Waals surface area contributed by atoms with Gasteiger partial charge in [-0.2, -0.15) is 11.8 Å². The molecular weight excluding hydrogens is 156 g/mol. The second-order valence-corrected chi connectivity index (χ2v) is 5.18. The van der Waals surface area contributed by atoms with Gasteiger partial charge in [0.2, 0.25) is 0 Å². The van der Waals surface area contributed by atoms with E-state index in [0.29, 0.717) is 0 Å². The van der Waals surface area contributed by atoms with Crippen LogP contribution < -0.4 is 0 Å². The molecule has 0 fully saturated rings. The molecule has 2 heteroatoms. The highest BCUT2D eigenvalue weighted by atomic mass is 32.2. The third-order valence-electron chi connectivity index (χ3n) is 1.31. The Labute approximate surface area is 74.6 Å². The van der Waals surface area contributed by atoms with Crippen molar-refractivity contribution in [3.05, 3.63) is 0 Å². The van der Waals surface area contributed by atoms with Crippen LogP contribution in [0.1, 0.15) is 34.1 Å². The molecule has 0 unspecified atom stereocenters. The highest BCUT2D eigenvalue weighted by molar-refractivity contribution is 7.99. The summed E-state index contributed by atoms with van der Waals surface area (Å²) in [5, 5.41) is 9.37. The number of hydrogen-bond acceptors (Lipinski definition) is 2. The lowest BCUT2D eigenvalue weighted by atomic mass is 10.1. The minimum atomic E-state index is -0.482. The fourth-order valence-electron chi connectivity index (χ4n) is 0.641. The maximum absolute atomic E-state index is 9.37.